The molecule has 3 rings (SSSR count). The SMILES string of the molecule is O=S(=O)(NCC(c1cccc(Cl)c1)N1CCOCC1)c1cc(Br)ccc1F. The predicted octanol–water partition coefficient (Wildman–Crippen LogP) is 3.59. The fourth-order valence-corrected chi connectivity index (χ4v) is 4.86. The smallest absolute Gasteiger partial charge is 0.243 e. The molecule has 0 radical (unpaired) electrons. The fraction of sp³-hybridized carbons (Fsp3) is 0.333. The molecule has 1 fully saturated rings. The van der Waals surface area contributed by atoms with Crippen LogP contribution in [0.25, 0.3) is 0 Å². The Morgan fingerprint density at radius 1 is 1.22 bits per heavy atom. The summed E-state index contributed by atoms with van der Waals surface area (Å²) in [4.78, 5) is 1.75. The van der Waals surface area contributed by atoms with E-state index in [1.807, 2.05) is 18.2 Å². The average molecular weight is 478 g/mol. The molecule has 2 aromatic carbocycles. The number of ether oxygens (including phenoxy) is 1. The van der Waals surface area contributed by atoms with Crippen LogP contribution in [0.3, 0.4) is 0 Å². The van der Waals surface area contributed by atoms with E-state index in [1.165, 1.54) is 12.1 Å². The van der Waals surface area contributed by atoms with Gasteiger partial charge in [0.25, 0.3) is 0 Å². The van der Waals surface area contributed by atoms with Gasteiger partial charge in [0.1, 0.15) is 10.7 Å². The molecule has 5 nitrogen and oxygen atoms in total. The Morgan fingerprint density at radius 2 is 1.96 bits per heavy atom. The van der Waals surface area contributed by atoms with E-state index in [0.29, 0.717) is 35.8 Å². The second-order valence-electron chi connectivity index (χ2n) is 6.15. The number of nitrogens with zero attached hydrogens (tertiary/aromatic N) is 1. The summed E-state index contributed by atoms with van der Waals surface area (Å²) in [5.41, 5.74) is 0.891. The number of hydrogen-bond donors (Lipinski definition) is 1. The van der Waals surface area contributed by atoms with Crippen LogP contribution in [-0.4, -0.2) is 46.2 Å². The molecule has 146 valence electrons. The van der Waals surface area contributed by atoms with Crippen LogP contribution >= 0.6 is 27.5 Å². The van der Waals surface area contributed by atoms with Crippen molar-refractivity contribution >= 4 is 37.6 Å². The number of benzene rings is 2. The topological polar surface area (TPSA) is 58.6 Å². The molecule has 0 saturated carbocycles. The second kappa shape index (κ2) is 8.98. The van der Waals surface area contributed by atoms with Gasteiger partial charge >= 0.3 is 0 Å². The maximum Gasteiger partial charge on any atom is 0.243 e. The Balaban J connectivity index is 1.84. The lowest BCUT2D eigenvalue weighted by atomic mass is 10.1. The molecule has 27 heavy (non-hydrogen) atoms. The maximum absolute atomic E-state index is 14.0. The van der Waals surface area contributed by atoms with E-state index < -0.39 is 15.8 Å². The third kappa shape index (κ3) is 5.28. The summed E-state index contributed by atoms with van der Waals surface area (Å²) >= 11 is 9.30. The molecule has 1 unspecified atom stereocenters. The number of hydrogen-bond acceptors (Lipinski definition) is 4. The minimum absolute atomic E-state index is 0.0919. The third-order valence-corrected chi connectivity index (χ3v) is 6.54. The Morgan fingerprint density at radius 3 is 2.67 bits per heavy atom. The van der Waals surface area contributed by atoms with E-state index in [2.05, 4.69) is 25.6 Å². The molecular weight excluding hydrogens is 459 g/mol. The van der Waals surface area contributed by atoms with Crippen molar-refractivity contribution in [3.8, 4) is 0 Å². The monoisotopic (exact) mass is 476 g/mol. The van der Waals surface area contributed by atoms with Gasteiger partial charge in [-0.05, 0) is 35.9 Å². The van der Waals surface area contributed by atoms with Gasteiger partial charge in [0.2, 0.25) is 10.0 Å². The third-order valence-electron chi connectivity index (χ3n) is 4.37. The highest BCUT2D eigenvalue weighted by Crippen LogP contribution is 2.25. The predicted molar refractivity (Wildman–Crippen MR) is 106 cm³/mol. The zero-order valence-corrected chi connectivity index (χ0v) is 17.5. The van der Waals surface area contributed by atoms with Gasteiger partial charge in [-0.1, -0.05) is 39.7 Å². The van der Waals surface area contributed by atoms with Gasteiger partial charge in [0.15, 0.2) is 0 Å². The van der Waals surface area contributed by atoms with Gasteiger partial charge in [-0.25, -0.2) is 17.5 Å². The van der Waals surface area contributed by atoms with Crippen molar-refractivity contribution in [2.24, 2.45) is 0 Å². The highest BCUT2D eigenvalue weighted by atomic mass is 79.9. The number of morpholine rings is 1. The van der Waals surface area contributed by atoms with Crippen LogP contribution in [0.1, 0.15) is 11.6 Å². The summed E-state index contributed by atoms with van der Waals surface area (Å²) < 4.78 is 47.8. The minimum Gasteiger partial charge on any atom is -0.379 e. The van der Waals surface area contributed by atoms with Crippen LogP contribution in [-0.2, 0) is 14.8 Å². The van der Waals surface area contributed by atoms with Gasteiger partial charge in [0.05, 0.1) is 13.2 Å². The number of rotatable bonds is 6. The number of nitrogens with one attached hydrogen (secondary N) is 1. The van der Waals surface area contributed by atoms with Gasteiger partial charge in [-0.3, -0.25) is 4.90 Å². The number of sulfonamides is 1. The highest BCUT2D eigenvalue weighted by molar-refractivity contribution is 9.10. The second-order valence-corrected chi connectivity index (χ2v) is 9.23. The molecule has 0 spiro atoms. The lowest BCUT2D eigenvalue weighted by molar-refractivity contribution is 0.0172. The molecule has 1 aliphatic heterocycles. The molecular formula is C18H19BrClFN2O3S. The summed E-state index contributed by atoms with van der Waals surface area (Å²) in [6.45, 7) is 2.58. The van der Waals surface area contributed by atoms with E-state index in [4.69, 9.17) is 16.3 Å². The van der Waals surface area contributed by atoms with Crippen molar-refractivity contribution in [2.75, 3.05) is 32.8 Å². The normalized spacial score (nSPS) is 17.0. The molecule has 1 heterocycles. The van der Waals surface area contributed by atoms with Crippen LogP contribution in [0.2, 0.25) is 5.02 Å². The van der Waals surface area contributed by atoms with Crippen LogP contribution in [0, 0.1) is 5.82 Å². The molecule has 1 atom stereocenters. The first kappa shape index (κ1) is 20.7. The Bertz CT molecular complexity index is 907. The van der Waals surface area contributed by atoms with E-state index in [9.17, 15) is 12.8 Å². The van der Waals surface area contributed by atoms with Crippen molar-refractivity contribution < 1.29 is 17.5 Å². The first-order chi connectivity index (χ1) is 12.9. The van der Waals surface area contributed by atoms with Crippen molar-refractivity contribution in [1.82, 2.24) is 9.62 Å². The minimum atomic E-state index is -4.01. The highest BCUT2D eigenvalue weighted by Gasteiger charge is 2.26. The first-order valence-corrected chi connectivity index (χ1v) is 11.0. The Kier molecular flexibility index (Phi) is 6.88. The summed E-state index contributed by atoms with van der Waals surface area (Å²) in [6, 6.07) is 10.9. The van der Waals surface area contributed by atoms with E-state index >= 15 is 0 Å². The largest absolute Gasteiger partial charge is 0.379 e. The molecule has 0 bridgehead atoms. The van der Waals surface area contributed by atoms with Gasteiger partial charge in [0, 0.05) is 35.2 Å². The van der Waals surface area contributed by atoms with Crippen LogP contribution in [0.5, 0.6) is 0 Å². The zero-order valence-electron chi connectivity index (χ0n) is 14.4. The van der Waals surface area contributed by atoms with Crippen molar-refractivity contribution in [3.05, 3.63) is 63.3 Å². The number of halogens is 3. The van der Waals surface area contributed by atoms with E-state index in [0.717, 1.165) is 11.6 Å². The van der Waals surface area contributed by atoms with Gasteiger partial charge < -0.3 is 4.74 Å². The first-order valence-electron chi connectivity index (χ1n) is 8.39. The van der Waals surface area contributed by atoms with Crippen LogP contribution < -0.4 is 4.72 Å². The lowest BCUT2D eigenvalue weighted by Gasteiger charge is -2.35. The molecule has 0 aliphatic carbocycles. The lowest BCUT2D eigenvalue weighted by Crippen LogP contribution is -2.43. The van der Waals surface area contributed by atoms with Crippen LogP contribution in [0.4, 0.5) is 4.39 Å². The molecule has 0 aromatic heterocycles. The molecule has 2 aromatic rings. The van der Waals surface area contributed by atoms with Crippen molar-refractivity contribution in [1.29, 1.82) is 0 Å². The molecule has 1 saturated heterocycles. The molecule has 1 aliphatic rings. The van der Waals surface area contributed by atoms with Gasteiger partial charge in [-0.15, -0.1) is 0 Å². The van der Waals surface area contributed by atoms with E-state index in [-0.39, 0.29) is 17.5 Å². The van der Waals surface area contributed by atoms with E-state index in [1.54, 1.807) is 6.07 Å². The molecule has 9 heteroatoms. The van der Waals surface area contributed by atoms with Crippen molar-refractivity contribution in [3.63, 3.8) is 0 Å². The standard InChI is InChI=1S/C18H19BrClFN2O3S/c19-14-4-5-16(21)18(11-14)27(24,25)22-12-17(23-6-8-26-9-7-23)13-2-1-3-15(20)10-13/h1-5,10-11,17,22H,6-9,12H2. The molecule has 1 N–H and O–H groups in total. The summed E-state index contributed by atoms with van der Waals surface area (Å²) in [5, 5.41) is 0.576. The maximum atomic E-state index is 14.0. The fourth-order valence-electron chi connectivity index (χ4n) is 3.01. The Hall–Kier alpha value is -1.03. The Labute approximate surface area is 171 Å². The van der Waals surface area contributed by atoms with Gasteiger partial charge in [-0.2, -0.15) is 0 Å². The zero-order chi connectivity index (χ0) is 19.4. The average Bonchev–Trinajstić information content (AvgIpc) is 2.65. The molecule has 0 amide bonds. The van der Waals surface area contributed by atoms with Crippen molar-refractivity contribution in [2.45, 2.75) is 10.9 Å². The summed E-state index contributed by atoms with van der Waals surface area (Å²) in [7, 11) is -4.01. The summed E-state index contributed by atoms with van der Waals surface area (Å²) in [6.07, 6.45) is 0. The summed E-state index contributed by atoms with van der Waals surface area (Å²) in [5.74, 6) is -0.795. The quantitative estimate of drug-likeness (QED) is 0.691. The van der Waals surface area contributed by atoms with Crippen LogP contribution in [0.15, 0.2) is 51.8 Å².